The zero-order valence-corrected chi connectivity index (χ0v) is 18.4. The van der Waals surface area contributed by atoms with Crippen LogP contribution in [0.25, 0.3) is 16.5 Å². The number of benzene rings is 2. The molecule has 0 spiro atoms. The molecule has 0 fully saturated rings. The molecule has 4 rings (SSSR count). The van der Waals surface area contributed by atoms with E-state index in [0.29, 0.717) is 33.4 Å². The number of nitrogens with one attached hydrogen (secondary N) is 1. The van der Waals surface area contributed by atoms with Crippen molar-refractivity contribution in [2.45, 2.75) is 20.3 Å². The molecule has 0 aliphatic carbocycles. The minimum Gasteiger partial charge on any atom is -0.462 e. The molecule has 0 aliphatic rings. The molecule has 0 atom stereocenters. The van der Waals surface area contributed by atoms with Crippen LogP contribution in [0.4, 0.5) is 5.00 Å². The van der Waals surface area contributed by atoms with E-state index in [1.807, 2.05) is 13.0 Å². The van der Waals surface area contributed by atoms with E-state index in [1.165, 1.54) is 16.0 Å². The number of hydrogen-bond acceptors (Lipinski definition) is 6. The van der Waals surface area contributed by atoms with Gasteiger partial charge in [0.25, 0.3) is 11.5 Å². The molecule has 0 saturated carbocycles. The van der Waals surface area contributed by atoms with Crippen LogP contribution in [0.1, 0.15) is 39.6 Å². The fraction of sp³-hybridized carbons (Fsp3) is 0.167. The molecule has 1 amide bonds. The topological polar surface area (TPSA) is 90.3 Å². The van der Waals surface area contributed by atoms with Gasteiger partial charge >= 0.3 is 5.97 Å². The number of ether oxygens (including phenoxy) is 1. The van der Waals surface area contributed by atoms with Crippen molar-refractivity contribution in [2.24, 2.45) is 0 Å². The SMILES string of the molecule is CCOC(=O)c1cc(CC)sc1NC(=O)c1nn(-c2ccccc2)c(=O)c2ccccc12. The quantitative estimate of drug-likeness (QED) is 0.442. The van der Waals surface area contributed by atoms with Crippen LogP contribution in [-0.4, -0.2) is 28.3 Å². The van der Waals surface area contributed by atoms with Gasteiger partial charge in [-0.05, 0) is 37.6 Å². The Morgan fingerprint density at radius 3 is 2.41 bits per heavy atom. The summed E-state index contributed by atoms with van der Waals surface area (Å²) in [7, 11) is 0. The Morgan fingerprint density at radius 1 is 1.03 bits per heavy atom. The van der Waals surface area contributed by atoms with Gasteiger partial charge in [-0.25, -0.2) is 4.79 Å². The highest BCUT2D eigenvalue weighted by molar-refractivity contribution is 7.16. The third-order valence-electron chi connectivity index (χ3n) is 4.87. The predicted molar refractivity (Wildman–Crippen MR) is 125 cm³/mol. The van der Waals surface area contributed by atoms with Crippen molar-refractivity contribution in [3.05, 3.63) is 87.2 Å². The van der Waals surface area contributed by atoms with Crippen LogP contribution in [0, 0.1) is 0 Å². The Labute approximate surface area is 188 Å². The highest BCUT2D eigenvalue weighted by atomic mass is 32.1. The molecule has 162 valence electrons. The summed E-state index contributed by atoms with van der Waals surface area (Å²) in [6.07, 6.45) is 0.715. The summed E-state index contributed by atoms with van der Waals surface area (Å²) < 4.78 is 6.35. The number of fused-ring (bicyclic) bond motifs is 1. The third kappa shape index (κ3) is 4.04. The van der Waals surface area contributed by atoms with Gasteiger partial charge in [-0.1, -0.05) is 43.3 Å². The van der Waals surface area contributed by atoms with E-state index < -0.39 is 11.9 Å². The molecule has 0 unspecified atom stereocenters. The van der Waals surface area contributed by atoms with Crippen molar-refractivity contribution in [3.8, 4) is 5.69 Å². The van der Waals surface area contributed by atoms with E-state index in [9.17, 15) is 14.4 Å². The molecule has 0 bridgehead atoms. The number of aryl methyl sites for hydroxylation is 1. The minimum absolute atomic E-state index is 0.0883. The number of amides is 1. The number of aromatic nitrogens is 2. The van der Waals surface area contributed by atoms with E-state index >= 15 is 0 Å². The maximum atomic E-state index is 13.3. The Bertz CT molecular complexity index is 1360. The maximum Gasteiger partial charge on any atom is 0.341 e. The number of nitrogens with zero attached hydrogens (tertiary/aromatic N) is 2. The summed E-state index contributed by atoms with van der Waals surface area (Å²) in [5.74, 6) is -1.01. The summed E-state index contributed by atoms with van der Waals surface area (Å²) in [5.41, 5.74) is 0.627. The Morgan fingerprint density at radius 2 is 1.72 bits per heavy atom. The number of rotatable bonds is 6. The Hall–Kier alpha value is -3.78. The van der Waals surface area contributed by atoms with Crippen LogP contribution in [-0.2, 0) is 11.2 Å². The summed E-state index contributed by atoms with van der Waals surface area (Å²) in [4.78, 5) is 39.7. The molecular formula is C24H21N3O4S. The third-order valence-corrected chi connectivity index (χ3v) is 6.07. The van der Waals surface area contributed by atoms with E-state index in [1.54, 1.807) is 61.5 Å². The number of anilines is 1. The molecule has 7 nitrogen and oxygen atoms in total. The second kappa shape index (κ2) is 9.15. The first-order chi connectivity index (χ1) is 15.5. The maximum absolute atomic E-state index is 13.3. The summed E-state index contributed by atoms with van der Waals surface area (Å²) >= 11 is 1.32. The highest BCUT2D eigenvalue weighted by Gasteiger charge is 2.22. The van der Waals surface area contributed by atoms with Crippen molar-refractivity contribution in [1.82, 2.24) is 9.78 Å². The van der Waals surface area contributed by atoms with Crippen molar-refractivity contribution >= 4 is 39.0 Å². The van der Waals surface area contributed by atoms with Gasteiger partial charge in [0, 0.05) is 10.3 Å². The smallest absolute Gasteiger partial charge is 0.341 e. The predicted octanol–water partition coefficient (Wildman–Crippen LogP) is 4.44. The number of thiophene rings is 1. The van der Waals surface area contributed by atoms with Crippen molar-refractivity contribution < 1.29 is 14.3 Å². The van der Waals surface area contributed by atoms with Gasteiger partial charge in [-0.2, -0.15) is 9.78 Å². The van der Waals surface area contributed by atoms with Gasteiger partial charge in [0.15, 0.2) is 5.69 Å². The van der Waals surface area contributed by atoms with E-state index in [4.69, 9.17) is 4.74 Å². The van der Waals surface area contributed by atoms with Crippen molar-refractivity contribution in [2.75, 3.05) is 11.9 Å². The second-order valence-corrected chi connectivity index (χ2v) is 8.07. The van der Waals surface area contributed by atoms with Crippen molar-refractivity contribution in [3.63, 3.8) is 0 Å². The fourth-order valence-corrected chi connectivity index (χ4v) is 4.31. The van der Waals surface area contributed by atoms with Gasteiger partial charge in [0.2, 0.25) is 0 Å². The summed E-state index contributed by atoms with van der Waals surface area (Å²) in [6.45, 7) is 3.93. The number of hydrogen-bond donors (Lipinski definition) is 1. The second-order valence-electron chi connectivity index (χ2n) is 6.93. The number of para-hydroxylation sites is 1. The summed E-state index contributed by atoms with van der Waals surface area (Å²) in [5, 5.41) is 8.41. The van der Waals surface area contributed by atoms with Crippen LogP contribution in [0.2, 0.25) is 0 Å². The monoisotopic (exact) mass is 447 g/mol. The van der Waals surface area contributed by atoms with Gasteiger partial charge in [0.1, 0.15) is 5.00 Å². The van der Waals surface area contributed by atoms with Crippen LogP contribution >= 0.6 is 11.3 Å². The van der Waals surface area contributed by atoms with E-state index in [0.717, 1.165) is 4.88 Å². The molecule has 0 aliphatic heterocycles. The van der Waals surface area contributed by atoms with E-state index in [2.05, 4.69) is 10.4 Å². The van der Waals surface area contributed by atoms with Gasteiger partial charge in [-0.15, -0.1) is 11.3 Å². The summed E-state index contributed by atoms with van der Waals surface area (Å²) in [6, 6.07) is 17.5. The van der Waals surface area contributed by atoms with Gasteiger partial charge in [0.05, 0.1) is 23.2 Å². The fourth-order valence-electron chi connectivity index (χ4n) is 3.33. The minimum atomic E-state index is -0.513. The first-order valence-corrected chi connectivity index (χ1v) is 11.0. The number of esters is 1. The zero-order chi connectivity index (χ0) is 22.7. The Kier molecular flexibility index (Phi) is 6.13. The number of carbonyl (C=O) groups excluding carboxylic acids is 2. The molecule has 0 radical (unpaired) electrons. The molecule has 2 aromatic carbocycles. The van der Waals surface area contributed by atoms with Gasteiger partial charge < -0.3 is 10.1 Å². The number of carbonyl (C=O) groups is 2. The molecule has 1 N–H and O–H groups in total. The molecule has 0 saturated heterocycles. The molecular weight excluding hydrogens is 426 g/mol. The van der Waals surface area contributed by atoms with Crippen LogP contribution in [0.15, 0.2) is 65.5 Å². The molecule has 2 heterocycles. The molecule has 8 heteroatoms. The van der Waals surface area contributed by atoms with Crippen LogP contribution in [0.3, 0.4) is 0 Å². The molecule has 32 heavy (non-hydrogen) atoms. The first kappa shape index (κ1) is 21.5. The lowest BCUT2D eigenvalue weighted by atomic mass is 10.1. The standard InChI is InChI=1S/C24H21N3O4S/c1-3-16-14-19(24(30)31-4-2)22(32-16)25-21(28)20-17-12-8-9-13-18(17)23(29)27(26-20)15-10-6-5-7-11-15/h5-14H,3-4H2,1-2H3,(H,25,28). The highest BCUT2D eigenvalue weighted by Crippen LogP contribution is 2.30. The normalized spacial score (nSPS) is 10.8. The van der Waals surface area contributed by atoms with E-state index in [-0.39, 0.29) is 17.9 Å². The largest absolute Gasteiger partial charge is 0.462 e. The van der Waals surface area contributed by atoms with Crippen molar-refractivity contribution in [1.29, 1.82) is 0 Å². The first-order valence-electron chi connectivity index (χ1n) is 10.2. The zero-order valence-electron chi connectivity index (χ0n) is 17.6. The lowest BCUT2D eigenvalue weighted by Gasteiger charge is -2.11. The van der Waals surface area contributed by atoms with Crippen LogP contribution in [0.5, 0.6) is 0 Å². The lowest BCUT2D eigenvalue weighted by molar-refractivity contribution is 0.0528. The molecule has 4 aromatic rings. The van der Waals surface area contributed by atoms with Gasteiger partial charge in [-0.3, -0.25) is 9.59 Å². The average Bonchev–Trinajstić information content (AvgIpc) is 3.23. The molecule has 2 aromatic heterocycles. The Balaban J connectivity index is 1.82. The van der Waals surface area contributed by atoms with Crippen LogP contribution < -0.4 is 10.9 Å². The average molecular weight is 448 g/mol. The lowest BCUT2D eigenvalue weighted by Crippen LogP contribution is -2.26.